The minimum absolute atomic E-state index is 0.120. The number of nitriles is 1. The molecule has 0 atom stereocenters. The van der Waals surface area contributed by atoms with Crippen LogP contribution in [0.1, 0.15) is 5.56 Å². The molecule has 2 rings (SSSR count). The normalized spacial score (nSPS) is 10.9. The van der Waals surface area contributed by atoms with Gasteiger partial charge < -0.3 is 10.6 Å². The van der Waals surface area contributed by atoms with Gasteiger partial charge in [0.05, 0.1) is 15.5 Å². The Morgan fingerprint density at radius 2 is 1.85 bits per heavy atom. The summed E-state index contributed by atoms with van der Waals surface area (Å²) >= 11 is 0. The Labute approximate surface area is 155 Å². The van der Waals surface area contributed by atoms with E-state index >= 15 is 0 Å². The van der Waals surface area contributed by atoms with Crippen molar-refractivity contribution in [3.63, 3.8) is 0 Å². The Kier molecular flexibility index (Phi) is 6.27. The van der Waals surface area contributed by atoms with Gasteiger partial charge in [0.15, 0.2) is 0 Å². The Morgan fingerprint density at radius 1 is 1.19 bits per heavy atom. The Morgan fingerprint density at radius 3 is 2.44 bits per heavy atom. The molecule has 27 heavy (non-hydrogen) atoms. The number of nitro groups is 1. The zero-order valence-electron chi connectivity index (χ0n) is 14.2. The number of benzene rings is 2. The molecule has 142 valence electrons. The van der Waals surface area contributed by atoms with Gasteiger partial charge in [-0.2, -0.15) is 5.26 Å². The largest absolute Gasteiger partial charge is 0.382 e. The summed E-state index contributed by atoms with van der Waals surface area (Å²) in [5.41, 5.74) is -0.0687. The molecule has 9 nitrogen and oxygen atoms in total. The average molecular weight is 393 g/mol. The van der Waals surface area contributed by atoms with Crippen LogP contribution in [-0.4, -0.2) is 33.5 Å². The first kappa shape index (κ1) is 20.1. The molecule has 0 amide bonds. The smallest absolute Gasteiger partial charge is 0.293 e. The van der Waals surface area contributed by atoms with Crippen molar-refractivity contribution < 1.29 is 17.7 Å². The molecule has 0 heterocycles. The number of halogens is 1. The van der Waals surface area contributed by atoms with Crippen LogP contribution in [-0.2, 0) is 10.0 Å². The summed E-state index contributed by atoms with van der Waals surface area (Å²) in [5, 5.41) is 25.9. The van der Waals surface area contributed by atoms with Crippen molar-refractivity contribution in [1.29, 1.82) is 5.26 Å². The first-order valence-corrected chi connectivity index (χ1v) is 9.17. The summed E-state index contributed by atoms with van der Waals surface area (Å²) in [6.07, 6.45) is 0. The van der Waals surface area contributed by atoms with E-state index in [0.717, 1.165) is 6.07 Å². The molecule has 2 aromatic rings. The SMILES string of the molecule is CNS(=O)(=O)c1ccc(NCCNc2cccc(F)c2C#N)c([N+](=O)[O-])c1. The number of sulfonamides is 1. The molecule has 2 aromatic carbocycles. The maximum Gasteiger partial charge on any atom is 0.293 e. The highest BCUT2D eigenvalue weighted by Gasteiger charge is 2.20. The van der Waals surface area contributed by atoms with Gasteiger partial charge in [0.25, 0.3) is 5.69 Å². The molecule has 0 aliphatic heterocycles. The molecule has 3 N–H and O–H groups in total. The molecule has 0 saturated heterocycles. The summed E-state index contributed by atoms with van der Waals surface area (Å²) < 4.78 is 39.2. The third-order valence-corrected chi connectivity index (χ3v) is 5.04. The highest BCUT2D eigenvalue weighted by atomic mass is 32.2. The minimum Gasteiger partial charge on any atom is -0.382 e. The van der Waals surface area contributed by atoms with Gasteiger partial charge in [0.2, 0.25) is 10.0 Å². The lowest BCUT2D eigenvalue weighted by molar-refractivity contribution is -0.384. The highest BCUT2D eigenvalue weighted by molar-refractivity contribution is 7.89. The van der Waals surface area contributed by atoms with Crippen molar-refractivity contribution in [1.82, 2.24) is 4.72 Å². The summed E-state index contributed by atoms with van der Waals surface area (Å²) in [6.45, 7) is 0.451. The Balaban J connectivity index is 2.09. The van der Waals surface area contributed by atoms with Crippen LogP contribution in [0.2, 0.25) is 0 Å². The van der Waals surface area contributed by atoms with Gasteiger partial charge in [-0.3, -0.25) is 10.1 Å². The van der Waals surface area contributed by atoms with Crippen LogP contribution in [0.4, 0.5) is 21.5 Å². The maximum atomic E-state index is 13.5. The van der Waals surface area contributed by atoms with Crippen molar-refractivity contribution >= 4 is 27.1 Å². The van der Waals surface area contributed by atoms with Crippen molar-refractivity contribution in [3.8, 4) is 6.07 Å². The molecular formula is C16H16FN5O4S. The fourth-order valence-corrected chi connectivity index (χ4v) is 3.03. The Bertz CT molecular complexity index is 1000. The van der Waals surface area contributed by atoms with Crippen LogP contribution in [0.5, 0.6) is 0 Å². The molecule has 0 radical (unpaired) electrons. The van der Waals surface area contributed by atoms with E-state index in [0.29, 0.717) is 5.69 Å². The van der Waals surface area contributed by atoms with Crippen LogP contribution in [0.3, 0.4) is 0 Å². The number of nitrogens with zero attached hydrogens (tertiary/aromatic N) is 2. The average Bonchev–Trinajstić information content (AvgIpc) is 2.65. The van der Waals surface area contributed by atoms with Crippen molar-refractivity contribution in [3.05, 3.63) is 57.9 Å². The van der Waals surface area contributed by atoms with Crippen LogP contribution in [0.25, 0.3) is 0 Å². The zero-order chi connectivity index (χ0) is 20.0. The fraction of sp³-hybridized carbons (Fsp3) is 0.188. The van der Waals surface area contributed by atoms with E-state index in [9.17, 15) is 22.9 Å². The zero-order valence-corrected chi connectivity index (χ0v) is 15.0. The van der Waals surface area contributed by atoms with Crippen molar-refractivity contribution in [2.45, 2.75) is 4.90 Å². The fourth-order valence-electron chi connectivity index (χ4n) is 2.28. The second kappa shape index (κ2) is 8.43. The lowest BCUT2D eigenvalue weighted by Gasteiger charge is -2.11. The molecule has 0 fully saturated rings. The predicted molar refractivity (Wildman–Crippen MR) is 97.4 cm³/mol. The van der Waals surface area contributed by atoms with E-state index in [2.05, 4.69) is 15.4 Å². The van der Waals surface area contributed by atoms with Crippen molar-refractivity contribution in [2.24, 2.45) is 0 Å². The quantitative estimate of drug-likeness (QED) is 0.354. The highest BCUT2D eigenvalue weighted by Crippen LogP contribution is 2.27. The third kappa shape index (κ3) is 4.69. The molecule has 0 saturated carbocycles. The third-order valence-electron chi connectivity index (χ3n) is 3.63. The molecule has 11 heteroatoms. The van der Waals surface area contributed by atoms with Crippen LogP contribution in [0.15, 0.2) is 41.3 Å². The number of anilines is 2. The van der Waals surface area contributed by atoms with Gasteiger partial charge in [0, 0.05) is 19.2 Å². The van der Waals surface area contributed by atoms with E-state index in [1.54, 1.807) is 12.1 Å². The van der Waals surface area contributed by atoms with Crippen LogP contribution >= 0.6 is 0 Å². The first-order chi connectivity index (χ1) is 12.8. The lowest BCUT2D eigenvalue weighted by Crippen LogP contribution is -2.19. The van der Waals surface area contributed by atoms with Crippen LogP contribution in [0, 0.1) is 27.3 Å². The second-order valence-corrected chi connectivity index (χ2v) is 7.16. The number of nitrogens with one attached hydrogen (secondary N) is 3. The van der Waals surface area contributed by atoms with E-state index in [1.165, 1.54) is 31.3 Å². The number of rotatable bonds is 8. The molecular weight excluding hydrogens is 377 g/mol. The summed E-state index contributed by atoms with van der Waals surface area (Å²) in [6, 6.07) is 9.44. The summed E-state index contributed by atoms with van der Waals surface area (Å²) in [5.74, 6) is -0.646. The molecule has 0 aliphatic rings. The predicted octanol–water partition coefficient (Wildman–Crippen LogP) is 2.04. The summed E-state index contributed by atoms with van der Waals surface area (Å²) in [4.78, 5) is 10.3. The van der Waals surface area contributed by atoms with E-state index in [4.69, 9.17) is 5.26 Å². The lowest BCUT2D eigenvalue weighted by atomic mass is 10.2. The van der Waals surface area contributed by atoms with E-state index in [1.807, 2.05) is 0 Å². The van der Waals surface area contributed by atoms with Gasteiger partial charge in [-0.1, -0.05) is 6.07 Å². The topological polar surface area (TPSA) is 137 Å². The minimum atomic E-state index is -3.80. The maximum absolute atomic E-state index is 13.5. The number of nitro benzene ring substituents is 1. The van der Waals surface area contributed by atoms with Gasteiger partial charge >= 0.3 is 0 Å². The molecule has 0 aliphatic carbocycles. The number of hydrogen-bond acceptors (Lipinski definition) is 7. The molecule has 0 spiro atoms. The van der Waals surface area contributed by atoms with E-state index in [-0.39, 0.29) is 29.2 Å². The van der Waals surface area contributed by atoms with Crippen molar-refractivity contribution in [2.75, 3.05) is 30.8 Å². The first-order valence-electron chi connectivity index (χ1n) is 7.68. The number of hydrogen-bond donors (Lipinski definition) is 3. The molecule has 0 unspecified atom stereocenters. The van der Waals surface area contributed by atoms with Gasteiger partial charge in [0.1, 0.15) is 23.1 Å². The van der Waals surface area contributed by atoms with Gasteiger partial charge in [-0.25, -0.2) is 17.5 Å². The molecule has 0 aromatic heterocycles. The summed E-state index contributed by atoms with van der Waals surface area (Å²) in [7, 11) is -2.60. The van der Waals surface area contributed by atoms with Gasteiger partial charge in [-0.05, 0) is 31.3 Å². The molecule has 0 bridgehead atoms. The van der Waals surface area contributed by atoms with Crippen LogP contribution < -0.4 is 15.4 Å². The van der Waals surface area contributed by atoms with Gasteiger partial charge in [-0.15, -0.1) is 0 Å². The monoisotopic (exact) mass is 393 g/mol. The van der Waals surface area contributed by atoms with E-state index < -0.39 is 26.5 Å². The standard InChI is InChI=1S/C16H16FN5O4S/c1-19-27(25,26)11-5-6-15(16(9-11)22(23)24)21-8-7-20-14-4-2-3-13(17)12(14)10-18/h2-6,9,19-21H,7-8H2,1H3. The Hall–Kier alpha value is -3.23. The second-order valence-electron chi connectivity index (χ2n) is 5.27.